The summed E-state index contributed by atoms with van der Waals surface area (Å²) in [4.78, 5) is 25.0. The van der Waals surface area contributed by atoms with E-state index in [4.69, 9.17) is 9.84 Å². The van der Waals surface area contributed by atoms with E-state index in [0.29, 0.717) is 19.6 Å². The van der Waals surface area contributed by atoms with Crippen LogP contribution in [0.15, 0.2) is 6.07 Å². The molecule has 1 fully saturated rings. The summed E-state index contributed by atoms with van der Waals surface area (Å²) in [6.45, 7) is 7.40. The third-order valence-electron chi connectivity index (χ3n) is 4.16. The van der Waals surface area contributed by atoms with Crippen LogP contribution in [0.4, 0.5) is 10.6 Å². The number of nitrogens with one attached hydrogen (secondary N) is 1. The molecule has 8 heteroatoms. The van der Waals surface area contributed by atoms with E-state index in [9.17, 15) is 9.59 Å². The van der Waals surface area contributed by atoms with Crippen molar-refractivity contribution >= 4 is 17.9 Å². The lowest BCUT2D eigenvalue weighted by molar-refractivity contribution is 0.0107. The number of likely N-dealkylation sites (tertiary alicyclic amines) is 1. The Morgan fingerprint density at radius 2 is 2.17 bits per heavy atom. The van der Waals surface area contributed by atoms with Crippen molar-refractivity contribution in [3.05, 3.63) is 11.8 Å². The third-order valence-corrected chi connectivity index (χ3v) is 4.16. The maximum Gasteiger partial charge on any atom is 0.410 e. The average molecular weight is 322 g/mol. The predicted octanol–water partition coefficient (Wildman–Crippen LogP) is 1.80. The maximum atomic E-state index is 12.2. The Hall–Kier alpha value is -2.25. The Morgan fingerprint density at radius 3 is 2.83 bits per heavy atom. The van der Waals surface area contributed by atoms with Gasteiger partial charge in [0.05, 0.1) is 6.04 Å². The van der Waals surface area contributed by atoms with Crippen LogP contribution in [0.2, 0.25) is 0 Å². The van der Waals surface area contributed by atoms with Gasteiger partial charge in [0.25, 0.3) is 0 Å². The van der Waals surface area contributed by atoms with Crippen molar-refractivity contribution in [2.45, 2.75) is 38.8 Å². The SMILES string of the molecule is CC(C)(C)OC(=O)N1CCC2C(CNc3cc(C(=O)O)nn32)C1. The zero-order chi connectivity index (χ0) is 16.8. The molecule has 3 rings (SSSR count). The summed E-state index contributed by atoms with van der Waals surface area (Å²) >= 11 is 0. The van der Waals surface area contributed by atoms with Gasteiger partial charge < -0.3 is 20.1 Å². The third kappa shape index (κ3) is 3.11. The summed E-state index contributed by atoms with van der Waals surface area (Å²) < 4.78 is 7.18. The molecule has 0 bridgehead atoms. The molecule has 1 saturated heterocycles. The fourth-order valence-electron chi connectivity index (χ4n) is 3.15. The number of ether oxygens (including phenoxy) is 1. The fraction of sp³-hybridized carbons (Fsp3) is 0.667. The molecule has 0 aliphatic carbocycles. The van der Waals surface area contributed by atoms with Gasteiger partial charge in [-0.3, -0.25) is 0 Å². The number of aromatic nitrogens is 2. The molecular formula is C15H22N4O4. The molecule has 1 aromatic rings. The van der Waals surface area contributed by atoms with Crippen molar-refractivity contribution in [1.29, 1.82) is 0 Å². The van der Waals surface area contributed by atoms with Crippen molar-refractivity contribution in [3.63, 3.8) is 0 Å². The molecule has 0 saturated carbocycles. The van der Waals surface area contributed by atoms with E-state index in [0.717, 1.165) is 12.2 Å². The van der Waals surface area contributed by atoms with E-state index in [1.54, 1.807) is 15.6 Å². The molecule has 2 aliphatic rings. The van der Waals surface area contributed by atoms with Gasteiger partial charge in [0.15, 0.2) is 5.69 Å². The number of rotatable bonds is 1. The van der Waals surface area contributed by atoms with Gasteiger partial charge in [-0.2, -0.15) is 5.10 Å². The molecule has 1 aromatic heterocycles. The molecule has 2 unspecified atom stereocenters. The number of piperidine rings is 1. The highest BCUT2D eigenvalue weighted by molar-refractivity contribution is 5.86. The number of amides is 1. The summed E-state index contributed by atoms with van der Waals surface area (Å²) in [5.74, 6) is -0.115. The first-order valence-corrected chi connectivity index (χ1v) is 7.79. The van der Waals surface area contributed by atoms with Crippen LogP contribution in [0.3, 0.4) is 0 Å². The van der Waals surface area contributed by atoms with Gasteiger partial charge in [0, 0.05) is 31.6 Å². The molecule has 23 heavy (non-hydrogen) atoms. The summed E-state index contributed by atoms with van der Waals surface area (Å²) in [7, 11) is 0. The van der Waals surface area contributed by atoms with Gasteiger partial charge in [-0.1, -0.05) is 0 Å². The minimum absolute atomic E-state index is 0.0442. The van der Waals surface area contributed by atoms with E-state index < -0.39 is 11.6 Å². The van der Waals surface area contributed by atoms with Gasteiger partial charge in [0.1, 0.15) is 11.4 Å². The lowest BCUT2D eigenvalue weighted by Crippen LogP contribution is -2.49. The van der Waals surface area contributed by atoms with Crippen LogP contribution < -0.4 is 5.32 Å². The van der Waals surface area contributed by atoms with Crippen LogP contribution in [-0.4, -0.2) is 57.1 Å². The second-order valence-electron chi connectivity index (χ2n) is 7.09. The monoisotopic (exact) mass is 322 g/mol. The molecule has 2 atom stereocenters. The van der Waals surface area contributed by atoms with Crippen molar-refractivity contribution in [3.8, 4) is 0 Å². The van der Waals surface area contributed by atoms with Gasteiger partial charge >= 0.3 is 12.1 Å². The smallest absolute Gasteiger partial charge is 0.410 e. The Morgan fingerprint density at radius 1 is 1.43 bits per heavy atom. The average Bonchev–Trinajstić information content (AvgIpc) is 2.89. The predicted molar refractivity (Wildman–Crippen MR) is 82.6 cm³/mol. The number of aromatic carboxylic acids is 1. The normalized spacial score (nSPS) is 23.5. The minimum atomic E-state index is -1.03. The van der Waals surface area contributed by atoms with Crippen LogP contribution in [0.5, 0.6) is 0 Å². The number of fused-ring (bicyclic) bond motifs is 3. The molecule has 0 spiro atoms. The second-order valence-corrected chi connectivity index (χ2v) is 7.09. The summed E-state index contributed by atoms with van der Waals surface area (Å²) in [5, 5.41) is 16.5. The second kappa shape index (κ2) is 5.43. The van der Waals surface area contributed by atoms with Gasteiger partial charge in [-0.25, -0.2) is 14.3 Å². The van der Waals surface area contributed by atoms with Gasteiger partial charge in [-0.05, 0) is 27.2 Å². The Bertz CT molecular complexity index is 634. The number of hydrogen-bond acceptors (Lipinski definition) is 5. The molecule has 2 N–H and O–H groups in total. The summed E-state index contributed by atoms with van der Waals surface area (Å²) in [6, 6.07) is 1.66. The van der Waals surface area contributed by atoms with Crippen molar-refractivity contribution in [2.75, 3.05) is 25.0 Å². The molecule has 0 radical (unpaired) electrons. The number of nitrogens with zero attached hydrogens (tertiary/aromatic N) is 3. The van der Waals surface area contributed by atoms with E-state index >= 15 is 0 Å². The molecule has 8 nitrogen and oxygen atoms in total. The van der Waals surface area contributed by atoms with Gasteiger partial charge in [-0.15, -0.1) is 0 Å². The minimum Gasteiger partial charge on any atom is -0.476 e. The fourth-order valence-corrected chi connectivity index (χ4v) is 3.15. The highest BCUT2D eigenvalue weighted by Gasteiger charge is 2.38. The molecule has 0 aromatic carbocycles. The van der Waals surface area contributed by atoms with E-state index in [-0.39, 0.29) is 23.7 Å². The first-order valence-electron chi connectivity index (χ1n) is 7.79. The van der Waals surface area contributed by atoms with E-state index in [1.165, 1.54) is 0 Å². The number of carboxylic acid groups (broad SMARTS) is 1. The summed E-state index contributed by atoms with van der Waals surface area (Å²) in [6.07, 6.45) is 0.438. The molecule has 3 heterocycles. The quantitative estimate of drug-likeness (QED) is 0.818. The van der Waals surface area contributed by atoms with Crippen LogP contribution in [-0.2, 0) is 4.74 Å². The molecule has 1 amide bonds. The molecular weight excluding hydrogens is 300 g/mol. The van der Waals surface area contributed by atoms with Crippen LogP contribution in [0, 0.1) is 5.92 Å². The standard InChI is InChI=1S/C15H22N4O4/c1-15(2,3)23-14(22)18-5-4-11-9(8-18)7-16-12-6-10(13(20)21)17-19(11)12/h6,9,11,16H,4-5,7-8H2,1-3H3,(H,20,21). The first kappa shape index (κ1) is 15.6. The zero-order valence-corrected chi connectivity index (χ0v) is 13.6. The van der Waals surface area contributed by atoms with Crippen LogP contribution in [0.1, 0.15) is 43.7 Å². The van der Waals surface area contributed by atoms with Crippen molar-refractivity contribution in [1.82, 2.24) is 14.7 Å². The number of hydrogen-bond donors (Lipinski definition) is 2. The summed E-state index contributed by atoms with van der Waals surface area (Å²) in [5.41, 5.74) is -0.465. The number of carbonyl (C=O) groups excluding carboxylic acids is 1. The highest BCUT2D eigenvalue weighted by Crippen LogP contribution is 2.35. The van der Waals surface area contributed by atoms with E-state index in [2.05, 4.69) is 10.4 Å². The Kier molecular flexibility index (Phi) is 3.69. The zero-order valence-electron chi connectivity index (χ0n) is 13.6. The number of carbonyl (C=O) groups is 2. The van der Waals surface area contributed by atoms with Gasteiger partial charge in [0.2, 0.25) is 0 Å². The lowest BCUT2D eigenvalue weighted by Gasteiger charge is -2.42. The van der Waals surface area contributed by atoms with Crippen LogP contribution in [0.25, 0.3) is 0 Å². The number of carboxylic acids is 1. The molecule has 2 aliphatic heterocycles. The highest BCUT2D eigenvalue weighted by atomic mass is 16.6. The van der Waals surface area contributed by atoms with E-state index in [1.807, 2.05) is 20.8 Å². The largest absolute Gasteiger partial charge is 0.476 e. The topological polar surface area (TPSA) is 96.7 Å². The van der Waals surface area contributed by atoms with Crippen molar-refractivity contribution in [2.24, 2.45) is 5.92 Å². The maximum absolute atomic E-state index is 12.2. The van der Waals surface area contributed by atoms with Crippen molar-refractivity contribution < 1.29 is 19.4 Å². The van der Waals surface area contributed by atoms with Crippen LogP contribution >= 0.6 is 0 Å². The lowest BCUT2D eigenvalue weighted by atomic mass is 9.91. The number of anilines is 1. The Labute approximate surface area is 134 Å². The first-order chi connectivity index (χ1) is 10.7. The molecule has 126 valence electrons. The Balaban J connectivity index is 1.72.